The van der Waals surface area contributed by atoms with Gasteiger partial charge in [-0.25, -0.2) is 4.98 Å². The zero-order valence-corrected chi connectivity index (χ0v) is 11.4. The Balaban J connectivity index is 1.93. The van der Waals surface area contributed by atoms with Crippen LogP contribution < -0.4 is 5.32 Å². The molecule has 100 valence electrons. The van der Waals surface area contributed by atoms with Gasteiger partial charge in [0.1, 0.15) is 11.3 Å². The molecule has 1 aliphatic rings. The summed E-state index contributed by atoms with van der Waals surface area (Å²) in [5, 5.41) is 3.38. The number of benzene rings is 1. The van der Waals surface area contributed by atoms with Crippen LogP contribution in [0.3, 0.4) is 0 Å². The zero-order chi connectivity index (χ0) is 13.5. The summed E-state index contributed by atoms with van der Waals surface area (Å²) in [4.78, 5) is 8.93. The second kappa shape index (κ2) is 4.42. The summed E-state index contributed by atoms with van der Waals surface area (Å²) >= 11 is 0. The Morgan fingerprint density at radius 3 is 3.00 bits per heavy atom. The largest absolute Gasteiger partial charge is 0.324 e. The molecule has 2 aromatic heterocycles. The molecule has 4 nitrogen and oxygen atoms in total. The van der Waals surface area contributed by atoms with Gasteiger partial charge in [-0.3, -0.25) is 4.98 Å². The first-order valence-electron chi connectivity index (χ1n) is 7.00. The molecular weight excluding hydrogens is 248 g/mol. The fourth-order valence-corrected chi connectivity index (χ4v) is 2.96. The minimum Gasteiger partial charge on any atom is -0.324 e. The molecule has 3 heterocycles. The van der Waals surface area contributed by atoms with Crippen LogP contribution in [0.15, 0.2) is 36.7 Å². The summed E-state index contributed by atoms with van der Waals surface area (Å²) in [6.07, 6.45) is 3.66. The number of fused-ring (bicyclic) bond motifs is 2. The second-order valence-corrected chi connectivity index (χ2v) is 5.13. The molecule has 0 fully saturated rings. The van der Waals surface area contributed by atoms with E-state index in [-0.39, 0.29) is 0 Å². The molecule has 0 saturated heterocycles. The molecule has 0 radical (unpaired) electrons. The molecule has 1 N–H and O–H groups in total. The molecule has 20 heavy (non-hydrogen) atoms. The van der Waals surface area contributed by atoms with E-state index in [4.69, 9.17) is 4.98 Å². The van der Waals surface area contributed by atoms with Crippen LogP contribution in [-0.2, 0) is 19.6 Å². The van der Waals surface area contributed by atoms with Crippen LogP contribution >= 0.6 is 0 Å². The van der Waals surface area contributed by atoms with Crippen molar-refractivity contribution < 1.29 is 0 Å². The van der Waals surface area contributed by atoms with Crippen molar-refractivity contribution in [1.29, 1.82) is 0 Å². The topological polar surface area (TPSA) is 42.7 Å². The Hall–Kier alpha value is -2.20. The number of hydrogen-bond donors (Lipinski definition) is 1. The molecule has 0 atom stereocenters. The lowest BCUT2D eigenvalue weighted by Gasteiger charge is -2.07. The molecule has 0 saturated carbocycles. The Kier molecular flexibility index (Phi) is 2.57. The van der Waals surface area contributed by atoms with Crippen LogP contribution in [0.4, 0.5) is 0 Å². The maximum atomic E-state index is 4.76. The first kappa shape index (κ1) is 11.6. The lowest BCUT2D eigenvalue weighted by molar-refractivity contribution is 0.764. The number of pyridine rings is 1. The Labute approximate surface area is 117 Å². The molecule has 0 unspecified atom stereocenters. The highest BCUT2D eigenvalue weighted by molar-refractivity contribution is 5.79. The molecule has 0 spiro atoms. The molecular formula is C16H16N4. The van der Waals surface area contributed by atoms with Crippen molar-refractivity contribution in [2.45, 2.75) is 26.6 Å². The van der Waals surface area contributed by atoms with Crippen molar-refractivity contribution in [1.82, 2.24) is 19.9 Å². The molecule has 1 aromatic carbocycles. The van der Waals surface area contributed by atoms with Gasteiger partial charge in [-0.05, 0) is 30.2 Å². The Morgan fingerprint density at radius 2 is 2.10 bits per heavy atom. The summed E-state index contributed by atoms with van der Waals surface area (Å²) in [7, 11) is 0. The van der Waals surface area contributed by atoms with E-state index in [0.29, 0.717) is 0 Å². The number of aromatic nitrogens is 3. The lowest BCUT2D eigenvalue weighted by atomic mass is 10.1. The highest BCUT2D eigenvalue weighted by atomic mass is 15.1. The molecule has 0 amide bonds. The number of aryl methyl sites for hydroxylation is 1. The molecule has 0 aliphatic carbocycles. The third-order valence-corrected chi connectivity index (χ3v) is 3.96. The van der Waals surface area contributed by atoms with Gasteiger partial charge >= 0.3 is 0 Å². The average molecular weight is 264 g/mol. The number of imidazole rings is 1. The van der Waals surface area contributed by atoms with Crippen molar-refractivity contribution in [3.8, 4) is 11.4 Å². The van der Waals surface area contributed by atoms with Gasteiger partial charge < -0.3 is 9.88 Å². The van der Waals surface area contributed by atoms with Crippen LogP contribution in [0.25, 0.3) is 22.4 Å². The fourth-order valence-electron chi connectivity index (χ4n) is 2.96. The van der Waals surface area contributed by atoms with Gasteiger partial charge in [-0.2, -0.15) is 0 Å². The lowest BCUT2D eigenvalue weighted by Crippen LogP contribution is -2.00. The minimum atomic E-state index is 0.908. The number of nitrogens with zero attached hydrogens (tertiary/aromatic N) is 3. The van der Waals surface area contributed by atoms with E-state index in [1.54, 1.807) is 0 Å². The number of nitrogens with one attached hydrogen (secondary N) is 1. The summed E-state index contributed by atoms with van der Waals surface area (Å²) < 4.78 is 2.25. The SMILES string of the molecule is CCn1c(-c2ccc3c(c2)CNC3)nc2cnccc21. The van der Waals surface area contributed by atoms with Gasteiger partial charge in [0, 0.05) is 31.4 Å². The van der Waals surface area contributed by atoms with Gasteiger partial charge in [0.15, 0.2) is 0 Å². The van der Waals surface area contributed by atoms with E-state index >= 15 is 0 Å². The van der Waals surface area contributed by atoms with E-state index in [1.165, 1.54) is 16.7 Å². The third-order valence-electron chi connectivity index (χ3n) is 3.96. The van der Waals surface area contributed by atoms with Gasteiger partial charge in [0.25, 0.3) is 0 Å². The van der Waals surface area contributed by atoms with E-state index in [1.807, 2.05) is 18.5 Å². The average Bonchev–Trinajstić information content (AvgIpc) is 3.10. The van der Waals surface area contributed by atoms with Crippen molar-refractivity contribution >= 4 is 11.0 Å². The first-order chi connectivity index (χ1) is 9.86. The second-order valence-electron chi connectivity index (χ2n) is 5.13. The van der Waals surface area contributed by atoms with Crippen molar-refractivity contribution in [3.63, 3.8) is 0 Å². The van der Waals surface area contributed by atoms with E-state index in [2.05, 4.69) is 40.0 Å². The predicted molar refractivity (Wildman–Crippen MR) is 79.2 cm³/mol. The summed E-state index contributed by atoms with van der Waals surface area (Å²) in [5.41, 5.74) is 6.08. The quantitative estimate of drug-likeness (QED) is 0.774. The van der Waals surface area contributed by atoms with Crippen LogP contribution in [-0.4, -0.2) is 14.5 Å². The highest BCUT2D eigenvalue weighted by Crippen LogP contribution is 2.27. The maximum Gasteiger partial charge on any atom is 0.141 e. The number of rotatable bonds is 2. The maximum absolute atomic E-state index is 4.76. The van der Waals surface area contributed by atoms with Gasteiger partial charge in [0.2, 0.25) is 0 Å². The first-order valence-corrected chi connectivity index (χ1v) is 7.00. The summed E-state index contributed by atoms with van der Waals surface area (Å²) in [5.74, 6) is 1.03. The Morgan fingerprint density at radius 1 is 1.20 bits per heavy atom. The smallest absolute Gasteiger partial charge is 0.141 e. The zero-order valence-electron chi connectivity index (χ0n) is 11.4. The van der Waals surface area contributed by atoms with Crippen LogP contribution in [0.2, 0.25) is 0 Å². The van der Waals surface area contributed by atoms with Crippen molar-refractivity contribution in [2.75, 3.05) is 0 Å². The minimum absolute atomic E-state index is 0.908. The van der Waals surface area contributed by atoms with Crippen LogP contribution in [0.1, 0.15) is 18.1 Å². The van der Waals surface area contributed by atoms with Gasteiger partial charge in [-0.15, -0.1) is 0 Å². The monoisotopic (exact) mass is 264 g/mol. The molecule has 0 bridgehead atoms. The summed E-state index contributed by atoms with van der Waals surface area (Å²) in [6.45, 7) is 4.99. The van der Waals surface area contributed by atoms with Crippen LogP contribution in [0.5, 0.6) is 0 Å². The third kappa shape index (κ3) is 1.65. The molecule has 4 heteroatoms. The van der Waals surface area contributed by atoms with Gasteiger partial charge in [0.05, 0.1) is 11.7 Å². The number of hydrogen-bond acceptors (Lipinski definition) is 3. The van der Waals surface area contributed by atoms with Gasteiger partial charge in [-0.1, -0.05) is 12.1 Å². The van der Waals surface area contributed by atoms with Crippen LogP contribution in [0, 0.1) is 0 Å². The van der Waals surface area contributed by atoms with E-state index in [0.717, 1.165) is 36.5 Å². The molecule has 4 rings (SSSR count). The van der Waals surface area contributed by atoms with Crippen molar-refractivity contribution in [2.24, 2.45) is 0 Å². The summed E-state index contributed by atoms with van der Waals surface area (Å²) in [6, 6.07) is 8.68. The predicted octanol–water partition coefficient (Wildman–Crippen LogP) is 2.72. The highest BCUT2D eigenvalue weighted by Gasteiger charge is 2.15. The van der Waals surface area contributed by atoms with E-state index in [9.17, 15) is 0 Å². The molecule has 3 aromatic rings. The van der Waals surface area contributed by atoms with Crippen molar-refractivity contribution in [3.05, 3.63) is 47.8 Å². The molecule has 1 aliphatic heterocycles. The Bertz CT molecular complexity index is 788. The standard InChI is InChI=1S/C16H16N4/c1-2-20-15-5-6-17-10-14(15)19-16(20)11-3-4-12-8-18-9-13(12)7-11/h3-7,10,18H,2,8-9H2,1H3. The fraction of sp³-hybridized carbons (Fsp3) is 0.250. The van der Waals surface area contributed by atoms with E-state index < -0.39 is 0 Å². The normalized spacial score (nSPS) is 13.8.